The van der Waals surface area contributed by atoms with Crippen molar-refractivity contribution < 1.29 is 22.1 Å². The number of hydrogen-bond donors (Lipinski definition) is 0. The van der Waals surface area contributed by atoms with E-state index in [9.17, 15) is 13.2 Å². The third-order valence-electron chi connectivity index (χ3n) is 2.89. The normalized spacial score (nSPS) is 12.5. The SMILES string of the molecule is CCCC/C(OS(=O)(=O)c1ccc(C)cc1)=C(\Br)C(=O)OC. The molecule has 1 aromatic carbocycles. The molecule has 0 aromatic heterocycles. The highest BCUT2D eigenvalue weighted by molar-refractivity contribution is 9.12. The molecule has 7 heteroatoms. The number of halogens is 1. The van der Waals surface area contributed by atoms with Gasteiger partial charge in [-0.3, -0.25) is 0 Å². The molecule has 5 nitrogen and oxygen atoms in total. The van der Waals surface area contributed by atoms with Gasteiger partial charge < -0.3 is 8.92 Å². The summed E-state index contributed by atoms with van der Waals surface area (Å²) < 4.78 is 34.3. The number of ether oxygens (including phenoxy) is 1. The number of carbonyl (C=O) groups excluding carboxylic acids is 1. The standard InChI is InChI=1S/C15H19BrO5S/c1-4-5-6-13(14(16)15(17)20-3)21-22(18,19)12-9-7-11(2)8-10-12/h7-10H,4-6H2,1-3H3/b14-13+. The first-order valence-electron chi connectivity index (χ1n) is 6.80. The van der Waals surface area contributed by atoms with Crippen LogP contribution < -0.4 is 0 Å². The zero-order chi connectivity index (χ0) is 16.8. The van der Waals surface area contributed by atoms with Crippen molar-refractivity contribution in [3.63, 3.8) is 0 Å². The molecule has 0 saturated heterocycles. The van der Waals surface area contributed by atoms with Gasteiger partial charge in [-0.25, -0.2) is 4.79 Å². The molecule has 0 saturated carbocycles. The van der Waals surface area contributed by atoms with E-state index in [1.54, 1.807) is 12.1 Å². The summed E-state index contributed by atoms with van der Waals surface area (Å²) in [6.45, 7) is 3.82. The summed E-state index contributed by atoms with van der Waals surface area (Å²) in [5.74, 6) is -0.625. The van der Waals surface area contributed by atoms with Crippen LogP contribution in [0.3, 0.4) is 0 Å². The summed E-state index contributed by atoms with van der Waals surface area (Å²) in [5, 5.41) is 0. The Balaban J connectivity index is 3.12. The van der Waals surface area contributed by atoms with E-state index in [1.165, 1.54) is 19.2 Å². The van der Waals surface area contributed by atoms with Gasteiger partial charge in [-0.2, -0.15) is 8.42 Å². The molecule has 22 heavy (non-hydrogen) atoms. The maximum absolute atomic E-state index is 12.3. The number of benzene rings is 1. The minimum absolute atomic E-state index is 0.0147. The average Bonchev–Trinajstić information content (AvgIpc) is 2.50. The van der Waals surface area contributed by atoms with E-state index >= 15 is 0 Å². The van der Waals surface area contributed by atoms with Crippen LogP contribution in [0.4, 0.5) is 0 Å². The summed E-state index contributed by atoms with van der Waals surface area (Å²) in [6.07, 6.45) is 1.83. The van der Waals surface area contributed by atoms with Crippen molar-refractivity contribution in [2.24, 2.45) is 0 Å². The maximum Gasteiger partial charge on any atom is 0.348 e. The Morgan fingerprint density at radius 2 is 1.82 bits per heavy atom. The van der Waals surface area contributed by atoms with Crippen LogP contribution in [-0.4, -0.2) is 21.5 Å². The van der Waals surface area contributed by atoms with E-state index in [2.05, 4.69) is 20.7 Å². The topological polar surface area (TPSA) is 69.7 Å². The number of allylic oxidation sites excluding steroid dienone is 1. The Hall–Kier alpha value is -1.34. The van der Waals surface area contributed by atoms with Crippen molar-refractivity contribution in [2.75, 3.05) is 7.11 Å². The Kier molecular flexibility index (Phi) is 7.09. The van der Waals surface area contributed by atoms with Crippen LogP contribution in [0.25, 0.3) is 0 Å². The zero-order valence-electron chi connectivity index (χ0n) is 12.8. The second-order valence-electron chi connectivity index (χ2n) is 4.68. The summed E-state index contributed by atoms with van der Waals surface area (Å²) in [4.78, 5) is 11.6. The van der Waals surface area contributed by atoms with Crippen LogP contribution in [0.1, 0.15) is 31.7 Å². The molecule has 0 bridgehead atoms. The lowest BCUT2D eigenvalue weighted by molar-refractivity contribution is -0.135. The number of hydrogen-bond acceptors (Lipinski definition) is 5. The smallest absolute Gasteiger partial charge is 0.348 e. The van der Waals surface area contributed by atoms with Gasteiger partial charge in [-0.15, -0.1) is 0 Å². The number of unbranched alkanes of at least 4 members (excludes halogenated alkanes) is 1. The van der Waals surface area contributed by atoms with Crippen molar-refractivity contribution in [1.29, 1.82) is 0 Å². The van der Waals surface area contributed by atoms with Crippen molar-refractivity contribution in [2.45, 2.75) is 38.0 Å². The molecule has 0 spiro atoms. The Morgan fingerprint density at radius 1 is 1.23 bits per heavy atom. The van der Waals surface area contributed by atoms with Gasteiger partial charge in [0, 0.05) is 6.42 Å². The number of aryl methyl sites for hydroxylation is 1. The first kappa shape index (κ1) is 18.7. The van der Waals surface area contributed by atoms with Gasteiger partial charge in [0.25, 0.3) is 0 Å². The number of rotatable bonds is 7. The molecule has 1 rings (SSSR count). The van der Waals surface area contributed by atoms with Gasteiger partial charge in [-0.05, 0) is 41.4 Å². The fourth-order valence-corrected chi connectivity index (χ4v) is 3.16. The lowest BCUT2D eigenvalue weighted by Crippen LogP contribution is -2.11. The second-order valence-corrected chi connectivity index (χ2v) is 7.02. The molecule has 0 unspecified atom stereocenters. The molecule has 0 aliphatic heterocycles. The first-order valence-corrected chi connectivity index (χ1v) is 9.00. The van der Waals surface area contributed by atoms with Crippen molar-refractivity contribution in [3.05, 3.63) is 40.1 Å². The quantitative estimate of drug-likeness (QED) is 0.307. The van der Waals surface area contributed by atoms with E-state index in [1.807, 2.05) is 13.8 Å². The first-order chi connectivity index (χ1) is 10.3. The van der Waals surface area contributed by atoms with Gasteiger partial charge in [0.2, 0.25) is 0 Å². The summed E-state index contributed by atoms with van der Waals surface area (Å²) in [7, 11) is -2.77. The molecular weight excluding hydrogens is 372 g/mol. The van der Waals surface area contributed by atoms with Gasteiger partial charge in [0.05, 0.1) is 7.11 Å². The fourth-order valence-electron chi connectivity index (χ4n) is 1.61. The van der Waals surface area contributed by atoms with Crippen molar-refractivity contribution in [3.8, 4) is 0 Å². The minimum atomic E-state index is -3.99. The van der Waals surface area contributed by atoms with Gasteiger partial charge in [-0.1, -0.05) is 31.0 Å². The Bertz CT molecular complexity index is 647. The predicted octanol–water partition coefficient (Wildman–Crippen LogP) is 3.67. The summed E-state index contributed by atoms with van der Waals surface area (Å²) in [6, 6.07) is 6.30. The Morgan fingerprint density at radius 3 is 2.32 bits per heavy atom. The van der Waals surface area contributed by atoms with E-state index in [0.717, 1.165) is 12.0 Å². The van der Waals surface area contributed by atoms with E-state index in [4.69, 9.17) is 4.18 Å². The highest BCUT2D eigenvalue weighted by Gasteiger charge is 2.22. The molecule has 0 N–H and O–H groups in total. The summed E-state index contributed by atoms with van der Waals surface area (Å²) >= 11 is 3.05. The van der Waals surface area contributed by atoms with Gasteiger partial charge in [0.15, 0.2) is 0 Å². The molecule has 0 aliphatic rings. The van der Waals surface area contributed by atoms with Gasteiger partial charge in [0.1, 0.15) is 15.1 Å². The second kappa shape index (κ2) is 8.33. The molecule has 0 atom stereocenters. The monoisotopic (exact) mass is 390 g/mol. The van der Waals surface area contributed by atoms with Crippen molar-refractivity contribution in [1.82, 2.24) is 0 Å². The number of carbonyl (C=O) groups is 1. The molecule has 0 aliphatic carbocycles. The van der Waals surface area contributed by atoms with Gasteiger partial charge >= 0.3 is 16.1 Å². The molecule has 0 amide bonds. The van der Waals surface area contributed by atoms with Crippen LogP contribution in [0, 0.1) is 6.92 Å². The van der Waals surface area contributed by atoms with Crippen LogP contribution in [-0.2, 0) is 23.8 Å². The molecule has 1 aromatic rings. The van der Waals surface area contributed by atoms with Crippen LogP contribution in [0.5, 0.6) is 0 Å². The third-order valence-corrected chi connectivity index (χ3v) is 4.92. The maximum atomic E-state index is 12.3. The van der Waals surface area contributed by atoms with Crippen molar-refractivity contribution >= 4 is 32.0 Å². The summed E-state index contributed by atoms with van der Waals surface area (Å²) in [5.41, 5.74) is 0.941. The fraction of sp³-hybridized carbons (Fsp3) is 0.400. The highest BCUT2D eigenvalue weighted by atomic mass is 79.9. The average molecular weight is 391 g/mol. The number of methoxy groups -OCH3 is 1. The highest BCUT2D eigenvalue weighted by Crippen LogP contribution is 2.25. The van der Waals surface area contributed by atoms with Crippen LogP contribution in [0.15, 0.2) is 39.4 Å². The minimum Gasteiger partial charge on any atom is -0.465 e. The molecule has 0 radical (unpaired) electrons. The number of esters is 1. The predicted molar refractivity (Wildman–Crippen MR) is 86.9 cm³/mol. The lowest BCUT2D eigenvalue weighted by Gasteiger charge is -2.12. The molecule has 122 valence electrons. The third kappa shape index (κ3) is 5.14. The van der Waals surface area contributed by atoms with Crippen LogP contribution in [0.2, 0.25) is 0 Å². The molecule has 0 fully saturated rings. The lowest BCUT2D eigenvalue weighted by atomic mass is 10.2. The largest absolute Gasteiger partial charge is 0.465 e. The molecule has 0 heterocycles. The Labute approximate surface area is 139 Å². The van der Waals surface area contributed by atoms with Crippen LogP contribution >= 0.6 is 15.9 Å². The van der Waals surface area contributed by atoms with E-state index in [-0.39, 0.29) is 15.1 Å². The molecular formula is C15H19BrO5S. The zero-order valence-corrected chi connectivity index (χ0v) is 15.2. The van der Waals surface area contributed by atoms with E-state index < -0.39 is 16.1 Å². The van der Waals surface area contributed by atoms with E-state index in [0.29, 0.717) is 12.8 Å².